The highest BCUT2D eigenvalue weighted by Gasteiger charge is 2.23. The van der Waals surface area contributed by atoms with Crippen LogP contribution in [0.3, 0.4) is 0 Å². The Hall–Kier alpha value is -2.70. The molecule has 136 valence electrons. The molecule has 2 aromatic carbocycles. The van der Waals surface area contributed by atoms with Gasteiger partial charge in [0.2, 0.25) is 0 Å². The Bertz CT molecular complexity index is 785. The first-order valence-corrected chi connectivity index (χ1v) is 8.57. The Kier molecular flexibility index (Phi) is 5.99. The van der Waals surface area contributed by atoms with Crippen LogP contribution in [0.2, 0.25) is 0 Å². The van der Waals surface area contributed by atoms with E-state index in [2.05, 4.69) is 10.6 Å². The van der Waals surface area contributed by atoms with Gasteiger partial charge in [0.15, 0.2) is 0 Å². The van der Waals surface area contributed by atoms with Gasteiger partial charge < -0.3 is 20.1 Å². The first kappa shape index (κ1) is 18.1. The average molecular weight is 354 g/mol. The van der Waals surface area contributed by atoms with Crippen LogP contribution in [-0.4, -0.2) is 31.6 Å². The molecule has 1 atom stereocenters. The molecule has 0 radical (unpaired) electrons. The van der Waals surface area contributed by atoms with Crippen LogP contribution in [0.5, 0.6) is 0 Å². The Labute approximate surface area is 152 Å². The number of hydrogen-bond donors (Lipinski definition) is 2. The van der Waals surface area contributed by atoms with Crippen LogP contribution in [0.1, 0.15) is 28.8 Å². The van der Waals surface area contributed by atoms with Crippen molar-refractivity contribution < 1.29 is 19.1 Å². The Morgan fingerprint density at radius 3 is 2.62 bits per heavy atom. The van der Waals surface area contributed by atoms with Crippen LogP contribution >= 0.6 is 0 Å². The van der Waals surface area contributed by atoms with E-state index in [1.165, 1.54) is 0 Å². The predicted molar refractivity (Wildman–Crippen MR) is 99.2 cm³/mol. The van der Waals surface area contributed by atoms with Crippen molar-refractivity contribution in [3.8, 4) is 0 Å². The molecule has 1 fully saturated rings. The number of amides is 2. The number of rotatable bonds is 6. The van der Waals surface area contributed by atoms with Crippen molar-refractivity contribution in [2.24, 2.45) is 0 Å². The van der Waals surface area contributed by atoms with Crippen LogP contribution < -0.4 is 10.6 Å². The fourth-order valence-electron chi connectivity index (χ4n) is 2.85. The molecule has 0 aliphatic carbocycles. The smallest absolute Gasteiger partial charge is 0.255 e. The summed E-state index contributed by atoms with van der Waals surface area (Å²) >= 11 is 0. The normalized spacial score (nSPS) is 16.3. The molecule has 0 bridgehead atoms. The summed E-state index contributed by atoms with van der Waals surface area (Å²) in [5, 5.41) is 5.67. The zero-order chi connectivity index (χ0) is 18.4. The molecule has 2 amide bonds. The molecule has 0 aromatic heterocycles. The highest BCUT2D eigenvalue weighted by molar-refractivity contribution is 6.05. The molecule has 2 N–H and O–H groups in total. The molecule has 1 aliphatic heterocycles. The molecule has 26 heavy (non-hydrogen) atoms. The maximum Gasteiger partial charge on any atom is 0.255 e. The van der Waals surface area contributed by atoms with E-state index in [0.717, 1.165) is 18.4 Å². The summed E-state index contributed by atoms with van der Waals surface area (Å²) in [7, 11) is 1.63. The number of benzene rings is 2. The van der Waals surface area contributed by atoms with Gasteiger partial charge in [-0.1, -0.05) is 18.2 Å². The summed E-state index contributed by atoms with van der Waals surface area (Å²) in [6.07, 6.45) is 1.21. The lowest BCUT2D eigenvalue weighted by molar-refractivity contribution is -0.124. The first-order valence-electron chi connectivity index (χ1n) is 8.57. The van der Waals surface area contributed by atoms with Crippen molar-refractivity contribution in [1.29, 1.82) is 0 Å². The summed E-state index contributed by atoms with van der Waals surface area (Å²) < 4.78 is 10.5. The lowest BCUT2D eigenvalue weighted by atomic mass is 10.1. The van der Waals surface area contributed by atoms with E-state index >= 15 is 0 Å². The number of hydrogen-bond acceptors (Lipinski definition) is 4. The Balaban J connectivity index is 1.66. The monoisotopic (exact) mass is 354 g/mol. The highest BCUT2D eigenvalue weighted by atomic mass is 16.5. The second-order valence-electron chi connectivity index (χ2n) is 6.16. The van der Waals surface area contributed by atoms with Gasteiger partial charge in [0, 0.05) is 30.7 Å². The maximum atomic E-state index is 12.5. The standard InChI is InChI=1S/C20H22N2O4/c1-25-13-14-5-2-7-16(11-14)21-19(23)15-6-3-8-17(12-15)22-20(24)18-9-4-10-26-18/h2-3,5-8,11-12,18H,4,9-10,13H2,1H3,(H,21,23)(H,22,24). The van der Waals surface area contributed by atoms with E-state index in [1.54, 1.807) is 31.4 Å². The van der Waals surface area contributed by atoms with Crippen LogP contribution in [0, 0.1) is 0 Å². The van der Waals surface area contributed by atoms with Crippen LogP contribution in [0.4, 0.5) is 11.4 Å². The SMILES string of the molecule is COCc1cccc(NC(=O)c2cccc(NC(=O)C3CCCO3)c2)c1. The molecule has 0 spiro atoms. The van der Waals surface area contributed by atoms with Gasteiger partial charge in [-0.2, -0.15) is 0 Å². The van der Waals surface area contributed by atoms with E-state index in [1.807, 2.05) is 24.3 Å². The molecule has 3 rings (SSSR count). The molecule has 0 saturated carbocycles. The minimum absolute atomic E-state index is 0.174. The molecule has 6 nitrogen and oxygen atoms in total. The molecule has 1 heterocycles. The van der Waals surface area contributed by atoms with Gasteiger partial charge in [0.25, 0.3) is 11.8 Å². The molecular weight excluding hydrogens is 332 g/mol. The van der Waals surface area contributed by atoms with Crippen molar-refractivity contribution >= 4 is 23.2 Å². The van der Waals surface area contributed by atoms with Crippen molar-refractivity contribution in [2.45, 2.75) is 25.6 Å². The quantitative estimate of drug-likeness (QED) is 0.835. The molecule has 2 aromatic rings. The van der Waals surface area contributed by atoms with Crippen LogP contribution in [0.25, 0.3) is 0 Å². The number of carbonyl (C=O) groups excluding carboxylic acids is 2. The largest absolute Gasteiger partial charge is 0.380 e. The van der Waals surface area contributed by atoms with E-state index in [0.29, 0.717) is 30.2 Å². The van der Waals surface area contributed by atoms with Gasteiger partial charge in [-0.15, -0.1) is 0 Å². The van der Waals surface area contributed by atoms with E-state index < -0.39 is 6.10 Å². The summed E-state index contributed by atoms with van der Waals surface area (Å²) in [4.78, 5) is 24.6. The minimum atomic E-state index is -0.406. The van der Waals surface area contributed by atoms with Crippen molar-refractivity contribution in [2.75, 3.05) is 24.4 Å². The van der Waals surface area contributed by atoms with Crippen LogP contribution in [-0.2, 0) is 20.9 Å². The summed E-state index contributed by atoms with van der Waals surface area (Å²) in [6.45, 7) is 1.09. The zero-order valence-corrected chi connectivity index (χ0v) is 14.7. The maximum absolute atomic E-state index is 12.5. The van der Waals surface area contributed by atoms with Gasteiger partial charge in [0.05, 0.1) is 6.61 Å². The average Bonchev–Trinajstić information content (AvgIpc) is 3.17. The minimum Gasteiger partial charge on any atom is -0.380 e. The number of ether oxygens (including phenoxy) is 2. The lowest BCUT2D eigenvalue weighted by Gasteiger charge is -2.12. The van der Waals surface area contributed by atoms with Gasteiger partial charge in [-0.25, -0.2) is 0 Å². The predicted octanol–water partition coefficient (Wildman–Crippen LogP) is 3.20. The Morgan fingerprint density at radius 1 is 1.12 bits per heavy atom. The molecular formula is C20H22N2O4. The first-order chi connectivity index (χ1) is 12.7. The fourth-order valence-corrected chi connectivity index (χ4v) is 2.85. The van der Waals surface area contributed by atoms with Crippen molar-refractivity contribution in [1.82, 2.24) is 0 Å². The van der Waals surface area contributed by atoms with Gasteiger partial charge in [-0.3, -0.25) is 9.59 Å². The lowest BCUT2D eigenvalue weighted by Crippen LogP contribution is -2.27. The summed E-state index contributed by atoms with van der Waals surface area (Å²) in [5.41, 5.74) is 2.71. The third-order valence-electron chi connectivity index (χ3n) is 4.11. The number of carbonyl (C=O) groups is 2. The molecule has 6 heteroatoms. The van der Waals surface area contributed by atoms with Crippen LogP contribution in [0.15, 0.2) is 48.5 Å². The zero-order valence-electron chi connectivity index (χ0n) is 14.7. The molecule has 1 unspecified atom stereocenters. The summed E-state index contributed by atoms with van der Waals surface area (Å²) in [6, 6.07) is 14.3. The van der Waals surface area contributed by atoms with E-state index in [4.69, 9.17) is 9.47 Å². The topological polar surface area (TPSA) is 76.7 Å². The summed E-state index contributed by atoms with van der Waals surface area (Å²) in [5.74, 6) is -0.417. The van der Waals surface area contributed by atoms with E-state index in [9.17, 15) is 9.59 Å². The third-order valence-corrected chi connectivity index (χ3v) is 4.11. The highest BCUT2D eigenvalue weighted by Crippen LogP contribution is 2.18. The number of anilines is 2. The number of methoxy groups -OCH3 is 1. The van der Waals surface area contributed by atoms with Crippen molar-refractivity contribution in [3.63, 3.8) is 0 Å². The Morgan fingerprint density at radius 2 is 1.88 bits per heavy atom. The fraction of sp³-hybridized carbons (Fsp3) is 0.300. The second kappa shape index (κ2) is 8.60. The van der Waals surface area contributed by atoms with E-state index in [-0.39, 0.29) is 11.8 Å². The third kappa shape index (κ3) is 4.68. The van der Waals surface area contributed by atoms with Gasteiger partial charge in [0.1, 0.15) is 6.10 Å². The van der Waals surface area contributed by atoms with Crippen molar-refractivity contribution in [3.05, 3.63) is 59.7 Å². The van der Waals surface area contributed by atoms with Gasteiger partial charge in [-0.05, 0) is 48.7 Å². The number of nitrogens with one attached hydrogen (secondary N) is 2. The molecule has 1 saturated heterocycles. The second-order valence-corrected chi connectivity index (χ2v) is 6.16. The van der Waals surface area contributed by atoms with Gasteiger partial charge >= 0.3 is 0 Å². The molecule has 1 aliphatic rings.